The normalized spacial score (nSPS) is 13.2. The summed E-state index contributed by atoms with van der Waals surface area (Å²) in [7, 11) is -1.24. The van der Waals surface area contributed by atoms with Gasteiger partial charge in [-0.15, -0.1) is 0 Å². The molecule has 0 amide bonds. The van der Waals surface area contributed by atoms with Crippen molar-refractivity contribution >= 4 is 30.8 Å². The van der Waals surface area contributed by atoms with E-state index in [9.17, 15) is 9.18 Å². The average Bonchev–Trinajstić information content (AvgIpc) is 2.89. The minimum Gasteiger partial charge on any atom is -0.361 e. The summed E-state index contributed by atoms with van der Waals surface area (Å²) in [4.78, 5) is 29.2. The van der Waals surface area contributed by atoms with E-state index in [1.54, 1.807) is 6.92 Å². The standard InChI is InChI=1S/C17H22ClFN6O2Si/c1-11(14-20-7-12(19)8-21-14)25-15-13(9-22-16(18)23-15)24(17(25)26)10-27-5-6-28(2,3)4/h7-9,11H,5-6,10H2,1-4H3. The Morgan fingerprint density at radius 2 is 1.89 bits per heavy atom. The Balaban J connectivity index is 1.98. The Morgan fingerprint density at radius 1 is 1.21 bits per heavy atom. The highest BCUT2D eigenvalue weighted by atomic mass is 35.5. The summed E-state index contributed by atoms with van der Waals surface area (Å²) in [5, 5.41) is 0.0188. The Morgan fingerprint density at radius 3 is 2.54 bits per heavy atom. The van der Waals surface area contributed by atoms with E-state index in [2.05, 4.69) is 39.6 Å². The minimum absolute atomic E-state index is 0.0188. The molecule has 3 rings (SSSR count). The second-order valence-electron chi connectivity index (χ2n) is 7.71. The fourth-order valence-electron chi connectivity index (χ4n) is 2.70. The van der Waals surface area contributed by atoms with Gasteiger partial charge in [-0.05, 0) is 24.6 Å². The topological polar surface area (TPSA) is 87.7 Å². The molecule has 0 saturated carbocycles. The SMILES string of the molecule is CC(c1ncc(F)cn1)n1c(=O)n(COCC[Si](C)(C)C)c2cnc(Cl)nc21. The van der Waals surface area contributed by atoms with Crippen LogP contribution in [0.4, 0.5) is 4.39 Å². The van der Waals surface area contributed by atoms with Gasteiger partial charge in [0.05, 0.1) is 24.6 Å². The van der Waals surface area contributed by atoms with E-state index in [4.69, 9.17) is 16.3 Å². The monoisotopic (exact) mass is 424 g/mol. The van der Waals surface area contributed by atoms with Crippen LogP contribution in [-0.2, 0) is 11.5 Å². The summed E-state index contributed by atoms with van der Waals surface area (Å²) in [6, 6.07) is 0.410. The van der Waals surface area contributed by atoms with E-state index < -0.39 is 19.9 Å². The molecule has 0 spiro atoms. The van der Waals surface area contributed by atoms with E-state index >= 15 is 0 Å². The van der Waals surface area contributed by atoms with Gasteiger partial charge >= 0.3 is 5.69 Å². The molecule has 11 heteroatoms. The molecule has 1 unspecified atom stereocenters. The first-order valence-corrected chi connectivity index (χ1v) is 12.9. The first-order chi connectivity index (χ1) is 13.2. The van der Waals surface area contributed by atoms with Crippen LogP contribution in [0.15, 0.2) is 23.4 Å². The zero-order chi connectivity index (χ0) is 20.5. The molecule has 3 aromatic heterocycles. The number of rotatable bonds is 7. The highest BCUT2D eigenvalue weighted by Crippen LogP contribution is 2.20. The lowest BCUT2D eigenvalue weighted by atomic mass is 10.3. The van der Waals surface area contributed by atoms with E-state index in [1.807, 2.05) is 0 Å². The van der Waals surface area contributed by atoms with E-state index in [1.165, 1.54) is 15.3 Å². The van der Waals surface area contributed by atoms with Gasteiger partial charge in [-0.25, -0.2) is 24.1 Å². The molecule has 0 N–H and O–H groups in total. The van der Waals surface area contributed by atoms with Crippen LogP contribution in [0.5, 0.6) is 0 Å². The smallest absolute Gasteiger partial charge is 0.332 e. The van der Waals surface area contributed by atoms with Crippen molar-refractivity contribution in [2.75, 3.05) is 6.61 Å². The zero-order valence-electron chi connectivity index (χ0n) is 16.2. The van der Waals surface area contributed by atoms with E-state index in [0.29, 0.717) is 17.8 Å². The molecular formula is C17H22ClFN6O2Si. The second-order valence-corrected chi connectivity index (χ2v) is 13.7. The van der Waals surface area contributed by atoms with Gasteiger partial charge in [0.2, 0.25) is 5.28 Å². The van der Waals surface area contributed by atoms with Crippen LogP contribution in [0.2, 0.25) is 31.0 Å². The Hall–Kier alpha value is -2.17. The number of nitrogens with zero attached hydrogens (tertiary/aromatic N) is 6. The lowest BCUT2D eigenvalue weighted by Crippen LogP contribution is -2.29. The van der Waals surface area contributed by atoms with Gasteiger partial charge in [0.1, 0.15) is 12.2 Å². The number of hydrogen-bond acceptors (Lipinski definition) is 6. The van der Waals surface area contributed by atoms with Crippen LogP contribution in [-0.4, -0.2) is 43.8 Å². The van der Waals surface area contributed by atoms with Crippen molar-refractivity contribution in [1.29, 1.82) is 0 Å². The van der Waals surface area contributed by atoms with Gasteiger partial charge in [0.25, 0.3) is 0 Å². The largest absolute Gasteiger partial charge is 0.361 e. The molecule has 0 bridgehead atoms. The van der Waals surface area contributed by atoms with Crippen LogP contribution < -0.4 is 5.69 Å². The minimum atomic E-state index is -1.24. The van der Waals surface area contributed by atoms with Crippen molar-refractivity contribution < 1.29 is 9.13 Å². The summed E-state index contributed by atoms with van der Waals surface area (Å²) >= 11 is 5.95. The molecule has 8 nitrogen and oxygen atoms in total. The molecule has 0 radical (unpaired) electrons. The highest BCUT2D eigenvalue weighted by Gasteiger charge is 2.22. The average molecular weight is 425 g/mol. The van der Waals surface area contributed by atoms with Crippen molar-refractivity contribution in [2.24, 2.45) is 0 Å². The maximum Gasteiger partial charge on any atom is 0.332 e. The van der Waals surface area contributed by atoms with Gasteiger partial charge in [-0.3, -0.25) is 9.13 Å². The third-order valence-corrected chi connectivity index (χ3v) is 6.18. The number of hydrogen-bond donors (Lipinski definition) is 0. The Bertz CT molecular complexity index is 1030. The van der Waals surface area contributed by atoms with Gasteiger partial charge in [-0.2, -0.15) is 4.98 Å². The Kier molecular flexibility index (Phi) is 5.92. The fraction of sp³-hybridized carbons (Fsp3) is 0.471. The van der Waals surface area contributed by atoms with Crippen LogP contribution in [0.25, 0.3) is 11.2 Å². The highest BCUT2D eigenvalue weighted by molar-refractivity contribution is 6.76. The molecular weight excluding hydrogens is 403 g/mol. The first kappa shape index (κ1) is 20.6. The van der Waals surface area contributed by atoms with Crippen molar-refractivity contribution in [2.45, 2.75) is 45.4 Å². The van der Waals surface area contributed by atoms with Crippen LogP contribution in [0, 0.1) is 5.82 Å². The Labute approximate surface area is 167 Å². The predicted octanol–water partition coefficient (Wildman–Crippen LogP) is 3.10. The van der Waals surface area contributed by atoms with Crippen molar-refractivity contribution in [3.8, 4) is 0 Å². The van der Waals surface area contributed by atoms with Gasteiger partial charge in [0.15, 0.2) is 17.3 Å². The molecule has 0 aromatic carbocycles. The number of imidazole rings is 1. The molecule has 3 heterocycles. The summed E-state index contributed by atoms with van der Waals surface area (Å²) < 4.78 is 21.8. The van der Waals surface area contributed by atoms with Gasteiger partial charge < -0.3 is 4.74 Å². The predicted molar refractivity (Wildman–Crippen MR) is 107 cm³/mol. The van der Waals surface area contributed by atoms with E-state index in [0.717, 1.165) is 18.4 Å². The summed E-state index contributed by atoms with van der Waals surface area (Å²) in [6.07, 6.45) is 3.61. The number of ether oxygens (including phenoxy) is 1. The maximum absolute atomic E-state index is 13.1. The van der Waals surface area contributed by atoms with Gasteiger partial charge in [-0.1, -0.05) is 19.6 Å². The zero-order valence-corrected chi connectivity index (χ0v) is 17.9. The quantitative estimate of drug-likeness (QED) is 0.329. The molecule has 0 fully saturated rings. The van der Waals surface area contributed by atoms with Gasteiger partial charge in [0, 0.05) is 14.7 Å². The number of halogens is 2. The molecule has 1 atom stereocenters. The van der Waals surface area contributed by atoms with Crippen molar-refractivity contribution in [3.63, 3.8) is 0 Å². The lowest BCUT2D eigenvalue weighted by molar-refractivity contribution is 0.0870. The van der Waals surface area contributed by atoms with Crippen molar-refractivity contribution in [1.82, 2.24) is 29.1 Å². The van der Waals surface area contributed by atoms with Crippen LogP contribution >= 0.6 is 11.6 Å². The first-order valence-electron chi connectivity index (χ1n) is 8.86. The molecule has 150 valence electrons. The van der Waals surface area contributed by atoms with Crippen molar-refractivity contribution in [3.05, 3.63) is 46.0 Å². The van der Waals surface area contributed by atoms with Crippen LogP contribution in [0.1, 0.15) is 18.8 Å². The lowest BCUT2D eigenvalue weighted by Gasteiger charge is -2.15. The molecule has 0 aliphatic heterocycles. The fourth-order valence-corrected chi connectivity index (χ4v) is 3.58. The number of fused-ring (bicyclic) bond motifs is 1. The molecule has 0 aliphatic carbocycles. The molecule has 0 aliphatic rings. The third-order valence-electron chi connectivity index (χ3n) is 4.29. The molecule has 28 heavy (non-hydrogen) atoms. The third kappa shape index (κ3) is 4.45. The summed E-state index contributed by atoms with van der Waals surface area (Å²) in [6.45, 7) is 9.16. The van der Waals surface area contributed by atoms with E-state index in [-0.39, 0.29) is 23.5 Å². The van der Waals surface area contributed by atoms with Crippen LogP contribution in [0.3, 0.4) is 0 Å². The molecule has 3 aromatic rings. The number of aromatic nitrogens is 6. The maximum atomic E-state index is 13.1. The summed E-state index contributed by atoms with van der Waals surface area (Å²) in [5.74, 6) is -0.260. The summed E-state index contributed by atoms with van der Waals surface area (Å²) in [5.41, 5.74) is 0.496. The second kappa shape index (κ2) is 8.06. The molecule has 0 saturated heterocycles.